The Hall–Kier alpha value is -0.320. The minimum absolute atomic E-state index is 0.477. The summed E-state index contributed by atoms with van der Waals surface area (Å²) >= 11 is 5.66. The lowest BCUT2D eigenvalue weighted by Crippen LogP contribution is -2.30. The molecule has 0 radical (unpaired) electrons. The number of sulfonamides is 1. The van der Waals surface area contributed by atoms with Crippen LogP contribution in [-0.2, 0) is 10.0 Å². The van der Waals surface area contributed by atoms with Gasteiger partial charge in [-0.25, -0.2) is 13.1 Å². The van der Waals surface area contributed by atoms with Gasteiger partial charge >= 0.3 is 0 Å². The van der Waals surface area contributed by atoms with Crippen LogP contribution in [0.3, 0.4) is 0 Å². The molecule has 0 saturated carbocycles. The van der Waals surface area contributed by atoms with Crippen molar-refractivity contribution in [3.05, 3.63) is 23.3 Å². The highest BCUT2D eigenvalue weighted by atomic mass is 35.5. The molecule has 0 fully saturated rings. The minimum atomic E-state index is -3.22. The predicted octanol–water partition coefficient (Wildman–Crippen LogP) is 0.987. The molecule has 0 aromatic heterocycles. The van der Waals surface area contributed by atoms with Gasteiger partial charge in [-0.1, -0.05) is 17.7 Å². The van der Waals surface area contributed by atoms with Gasteiger partial charge in [-0.2, -0.15) is 0 Å². The summed E-state index contributed by atoms with van der Waals surface area (Å²) in [7, 11) is -1.82. The van der Waals surface area contributed by atoms with Crippen LogP contribution in [0.2, 0.25) is 0 Å². The molecule has 0 saturated heterocycles. The molecular formula is C7H10ClNO2S. The van der Waals surface area contributed by atoms with Gasteiger partial charge in [-0.3, -0.25) is 0 Å². The number of hydrogen-bond acceptors (Lipinski definition) is 2. The maximum Gasteiger partial charge on any atom is 0.218 e. The Labute approximate surface area is 77.2 Å². The average Bonchev–Trinajstić information content (AvgIpc) is 2.05. The van der Waals surface area contributed by atoms with Gasteiger partial charge in [0.1, 0.15) is 0 Å². The zero-order valence-electron chi connectivity index (χ0n) is 6.62. The van der Waals surface area contributed by atoms with Crippen molar-refractivity contribution in [1.82, 2.24) is 4.72 Å². The fraction of sp³-hybridized carbons (Fsp3) is 0.429. The van der Waals surface area contributed by atoms with E-state index in [4.69, 9.17) is 11.6 Å². The van der Waals surface area contributed by atoms with Gasteiger partial charge in [0, 0.05) is 5.03 Å². The molecule has 0 aliphatic heterocycles. The summed E-state index contributed by atoms with van der Waals surface area (Å²) < 4.78 is 24.8. The Kier molecular flexibility index (Phi) is 2.93. The highest BCUT2D eigenvalue weighted by Crippen LogP contribution is 2.18. The van der Waals surface area contributed by atoms with Gasteiger partial charge in [-0.15, -0.1) is 0 Å². The maximum absolute atomic E-state index is 11.3. The first kappa shape index (κ1) is 9.77. The van der Waals surface area contributed by atoms with Crippen LogP contribution in [0.1, 0.15) is 6.42 Å². The van der Waals surface area contributed by atoms with Gasteiger partial charge < -0.3 is 0 Å². The number of halogens is 1. The Morgan fingerprint density at radius 3 is 2.83 bits per heavy atom. The van der Waals surface area contributed by atoms with Gasteiger partial charge in [0.25, 0.3) is 0 Å². The Bertz CT molecular complexity index is 318. The summed E-state index contributed by atoms with van der Waals surface area (Å²) in [6.07, 6.45) is 5.47. The Balaban J connectivity index is 2.87. The molecule has 0 bridgehead atoms. The van der Waals surface area contributed by atoms with Gasteiger partial charge in [0.05, 0.1) is 5.25 Å². The Morgan fingerprint density at radius 2 is 2.33 bits per heavy atom. The molecule has 12 heavy (non-hydrogen) atoms. The second-order valence-electron chi connectivity index (χ2n) is 2.48. The zero-order valence-corrected chi connectivity index (χ0v) is 8.19. The molecule has 1 unspecified atom stereocenters. The molecule has 0 aromatic carbocycles. The molecule has 5 heteroatoms. The van der Waals surface area contributed by atoms with E-state index in [2.05, 4.69) is 4.72 Å². The van der Waals surface area contributed by atoms with Crippen LogP contribution >= 0.6 is 11.6 Å². The van der Waals surface area contributed by atoms with E-state index in [9.17, 15) is 8.42 Å². The lowest BCUT2D eigenvalue weighted by atomic mass is 10.2. The number of nitrogens with one attached hydrogen (secondary N) is 1. The lowest BCUT2D eigenvalue weighted by Gasteiger charge is -2.13. The molecule has 3 nitrogen and oxygen atoms in total. The van der Waals surface area contributed by atoms with Gasteiger partial charge in [0.2, 0.25) is 10.0 Å². The molecule has 0 aromatic rings. The summed E-state index contributed by atoms with van der Waals surface area (Å²) in [5.41, 5.74) is 0. The van der Waals surface area contributed by atoms with E-state index in [0.29, 0.717) is 11.5 Å². The van der Waals surface area contributed by atoms with E-state index in [1.165, 1.54) is 13.1 Å². The fourth-order valence-corrected chi connectivity index (χ4v) is 2.29. The second-order valence-corrected chi connectivity index (χ2v) is 5.02. The van der Waals surface area contributed by atoms with E-state index >= 15 is 0 Å². The zero-order chi connectivity index (χ0) is 9.19. The molecule has 1 aliphatic carbocycles. The van der Waals surface area contributed by atoms with Crippen molar-refractivity contribution in [2.24, 2.45) is 0 Å². The molecule has 1 rings (SSSR count). The van der Waals surface area contributed by atoms with Crippen molar-refractivity contribution < 1.29 is 8.42 Å². The summed E-state index contributed by atoms with van der Waals surface area (Å²) in [6, 6.07) is 0. The van der Waals surface area contributed by atoms with Crippen molar-refractivity contribution in [1.29, 1.82) is 0 Å². The molecule has 0 amide bonds. The first-order valence-corrected chi connectivity index (χ1v) is 5.45. The standard InChI is InChI=1S/C7H10ClNO2S/c1-9-12(10,11)7-4-2-3-6(8)5-7/h2-3,5,7,9H,4H2,1H3. The van der Waals surface area contributed by atoms with Crippen LogP contribution in [0, 0.1) is 0 Å². The minimum Gasteiger partial charge on any atom is -0.218 e. The monoisotopic (exact) mass is 207 g/mol. The summed E-state index contributed by atoms with van der Waals surface area (Å²) in [5, 5.41) is -0.0509. The van der Waals surface area contributed by atoms with Gasteiger partial charge in [-0.05, 0) is 25.6 Å². The third-order valence-electron chi connectivity index (χ3n) is 1.67. The van der Waals surface area contributed by atoms with Crippen LogP contribution in [0.4, 0.5) is 0 Å². The largest absolute Gasteiger partial charge is 0.218 e. The normalized spacial score (nSPS) is 23.8. The molecule has 1 atom stereocenters. The van der Waals surface area contributed by atoms with Crippen molar-refractivity contribution in [2.45, 2.75) is 11.7 Å². The molecule has 68 valence electrons. The third kappa shape index (κ3) is 2.09. The second kappa shape index (κ2) is 3.60. The lowest BCUT2D eigenvalue weighted by molar-refractivity contribution is 0.580. The highest BCUT2D eigenvalue weighted by molar-refractivity contribution is 7.90. The third-order valence-corrected chi connectivity index (χ3v) is 3.62. The maximum atomic E-state index is 11.3. The number of hydrogen-bond donors (Lipinski definition) is 1. The SMILES string of the molecule is CNS(=O)(=O)C1C=C(Cl)C=CC1. The molecular weight excluding hydrogens is 198 g/mol. The van der Waals surface area contributed by atoms with Crippen molar-refractivity contribution in [3.63, 3.8) is 0 Å². The van der Waals surface area contributed by atoms with E-state index in [1.54, 1.807) is 12.2 Å². The highest BCUT2D eigenvalue weighted by Gasteiger charge is 2.21. The average molecular weight is 208 g/mol. The summed E-state index contributed by atoms with van der Waals surface area (Å²) in [6.45, 7) is 0. The smallest absolute Gasteiger partial charge is 0.218 e. The van der Waals surface area contributed by atoms with E-state index in [1.807, 2.05) is 0 Å². The predicted molar refractivity (Wildman–Crippen MR) is 49.5 cm³/mol. The number of rotatable bonds is 2. The number of allylic oxidation sites excluding steroid dienone is 3. The first-order chi connectivity index (χ1) is 5.56. The van der Waals surface area contributed by atoms with Crippen LogP contribution < -0.4 is 4.72 Å². The first-order valence-electron chi connectivity index (χ1n) is 3.52. The van der Waals surface area contributed by atoms with Crippen LogP contribution in [0.5, 0.6) is 0 Å². The van der Waals surface area contributed by atoms with Crippen molar-refractivity contribution >= 4 is 21.6 Å². The van der Waals surface area contributed by atoms with Crippen LogP contribution in [0.25, 0.3) is 0 Å². The van der Waals surface area contributed by atoms with E-state index in [-0.39, 0.29) is 0 Å². The summed E-state index contributed by atoms with van der Waals surface area (Å²) in [4.78, 5) is 0. The fourth-order valence-electron chi connectivity index (χ4n) is 0.984. The van der Waals surface area contributed by atoms with Crippen molar-refractivity contribution in [3.8, 4) is 0 Å². The van der Waals surface area contributed by atoms with E-state index in [0.717, 1.165) is 0 Å². The molecule has 0 heterocycles. The summed E-state index contributed by atoms with van der Waals surface area (Å²) in [5.74, 6) is 0. The van der Waals surface area contributed by atoms with Crippen LogP contribution in [-0.4, -0.2) is 20.7 Å². The van der Waals surface area contributed by atoms with Crippen molar-refractivity contribution in [2.75, 3.05) is 7.05 Å². The quantitative estimate of drug-likeness (QED) is 0.734. The molecule has 0 spiro atoms. The molecule has 1 N–H and O–H groups in total. The molecule has 1 aliphatic rings. The van der Waals surface area contributed by atoms with Crippen LogP contribution in [0.15, 0.2) is 23.3 Å². The van der Waals surface area contributed by atoms with E-state index < -0.39 is 15.3 Å². The Morgan fingerprint density at radius 1 is 1.67 bits per heavy atom. The van der Waals surface area contributed by atoms with Gasteiger partial charge in [0.15, 0.2) is 0 Å². The topological polar surface area (TPSA) is 46.2 Å².